The molecule has 102 valence electrons. The van der Waals surface area contributed by atoms with E-state index in [0.29, 0.717) is 0 Å². The maximum absolute atomic E-state index is 4.17. The molecular weight excluding hydrogens is 224 g/mol. The number of hydrogen-bond donors (Lipinski definition) is 1. The van der Waals surface area contributed by atoms with Crippen molar-refractivity contribution >= 4 is 0 Å². The Morgan fingerprint density at radius 3 is 2.39 bits per heavy atom. The van der Waals surface area contributed by atoms with Crippen molar-refractivity contribution in [3.8, 4) is 0 Å². The molecule has 1 saturated carbocycles. The molecule has 2 rings (SSSR count). The van der Waals surface area contributed by atoms with E-state index in [9.17, 15) is 0 Å². The van der Waals surface area contributed by atoms with Crippen molar-refractivity contribution in [3.05, 3.63) is 11.6 Å². The van der Waals surface area contributed by atoms with Crippen LogP contribution in [0.5, 0.6) is 0 Å². The van der Waals surface area contributed by atoms with Gasteiger partial charge in [-0.25, -0.2) is 0 Å². The summed E-state index contributed by atoms with van der Waals surface area (Å²) in [5.41, 5.74) is 0. The van der Waals surface area contributed by atoms with E-state index in [4.69, 9.17) is 0 Å². The highest BCUT2D eigenvalue weighted by molar-refractivity contribution is 4.92. The van der Waals surface area contributed by atoms with E-state index in [1.165, 1.54) is 32.1 Å². The summed E-state index contributed by atoms with van der Waals surface area (Å²) < 4.78 is 2.06. The second-order valence-electron chi connectivity index (χ2n) is 5.65. The maximum Gasteiger partial charge on any atom is 0.146 e. The first-order valence-corrected chi connectivity index (χ1v) is 7.26. The first-order chi connectivity index (χ1) is 8.70. The van der Waals surface area contributed by atoms with Gasteiger partial charge in [-0.3, -0.25) is 0 Å². The third-order valence-electron chi connectivity index (χ3n) is 4.44. The van der Waals surface area contributed by atoms with Crippen molar-refractivity contribution < 1.29 is 0 Å². The van der Waals surface area contributed by atoms with Gasteiger partial charge >= 0.3 is 0 Å². The summed E-state index contributed by atoms with van der Waals surface area (Å²) >= 11 is 0. The molecule has 0 spiro atoms. The van der Waals surface area contributed by atoms with E-state index in [1.807, 2.05) is 14.0 Å². The number of nitrogens with one attached hydrogen (secondary N) is 1. The van der Waals surface area contributed by atoms with Gasteiger partial charge in [-0.15, -0.1) is 10.2 Å². The zero-order valence-electron chi connectivity index (χ0n) is 11.9. The molecule has 18 heavy (non-hydrogen) atoms. The maximum atomic E-state index is 4.17. The van der Waals surface area contributed by atoms with Crippen molar-refractivity contribution in [2.75, 3.05) is 6.54 Å². The molecule has 4 nitrogen and oxygen atoms in total. The van der Waals surface area contributed by atoms with E-state index in [2.05, 4.69) is 27.0 Å². The average Bonchev–Trinajstić information content (AvgIpc) is 2.71. The van der Waals surface area contributed by atoms with Crippen LogP contribution in [0.25, 0.3) is 0 Å². The minimum Gasteiger partial charge on any atom is -0.317 e. The van der Waals surface area contributed by atoms with E-state index < -0.39 is 0 Å². The van der Waals surface area contributed by atoms with Crippen molar-refractivity contribution in [2.45, 2.75) is 52.5 Å². The number of nitrogens with zero attached hydrogens (tertiary/aromatic N) is 3. The number of rotatable bonds is 5. The Labute approximate surface area is 110 Å². The Kier molecular flexibility index (Phi) is 4.75. The van der Waals surface area contributed by atoms with Gasteiger partial charge in [-0.05, 0) is 38.1 Å². The minimum absolute atomic E-state index is 0.838. The van der Waals surface area contributed by atoms with Crippen LogP contribution >= 0.6 is 0 Å². The summed E-state index contributed by atoms with van der Waals surface area (Å²) in [6.45, 7) is 6.27. The van der Waals surface area contributed by atoms with Gasteiger partial charge < -0.3 is 9.88 Å². The van der Waals surface area contributed by atoms with Crippen LogP contribution in [0.1, 0.15) is 50.7 Å². The lowest BCUT2D eigenvalue weighted by atomic mass is 9.81. The third kappa shape index (κ3) is 3.31. The Balaban J connectivity index is 1.68. The van der Waals surface area contributed by atoms with Gasteiger partial charge in [0.15, 0.2) is 0 Å². The number of aryl methyl sites for hydroxylation is 1. The highest BCUT2D eigenvalue weighted by atomic mass is 15.3. The quantitative estimate of drug-likeness (QED) is 0.872. The van der Waals surface area contributed by atoms with Crippen molar-refractivity contribution in [1.29, 1.82) is 0 Å². The van der Waals surface area contributed by atoms with Crippen molar-refractivity contribution in [2.24, 2.45) is 18.9 Å². The van der Waals surface area contributed by atoms with E-state index in [0.717, 1.165) is 36.6 Å². The largest absolute Gasteiger partial charge is 0.317 e. The molecule has 0 unspecified atom stereocenters. The van der Waals surface area contributed by atoms with E-state index >= 15 is 0 Å². The van der Waals surface area contributed by atoms with Gasteiger partial charge in [-0.1, -0.05) is 26.2 Å². The highest BCUT2D eigenvalue weighted by Gasteiger charge is 2.19. The molecule has 0 saturated heterocycles. The topological polar surface area (TPSA) is 42.7 Å². The lowest BCUT2D eigenvalue weighted by Crippen LogP contribution is -2.27. The summed E-state index contributed by atoms with van der Waals surface area (Å²) in [5.74, 6) is 3.87. The molecule has 1 aliphatic carbocycles. The van der Waals surface area contributed by atoms with Crippen LogP contribution in [0.2, 0.25) is 0 Å². The van der Waals surface area contributed by atoms with Crippen molar-refractivity contribution in [1.82, 2.24) is 20.1 Å². The summed E-state index contributed by atoms with van der Waals surface area (Å²) in [5, 5.41) is 11.8. The van der Waals surface area contributed by atoms with Crippen molar-refractivity contribution in [3.63, 3.8) is 0 Å². The fraction of sp³-hybridized carbons (Fsp3) is 0.857. The fourth-order valence-corrected chi connectivity index (χ4v) is 2.84. The summed E-state index contributed by atoms with van der Waals surface area (Å²) in [4.78, 5) is 0. The van der Waals surface area contributed by atoms with Gasteiger partial charge in [0, 0.05) is 7.05 Å². The molecule has 0 radical (unpaired) electrons. The Hall–Kier alpha value is -0.900. The SMILES string of the molecule is CCC1CCC(CNCc2nnc(C)n2C)CC1. The molecule has 0 atom stereocenters. The van der Waals surface area contributed by atoms with Gasteiger partial charge in [0.05, 0.1) is 6.54 Å². The van der Waals surface area contributed by atoms with Gasteiger partial charge in [-0.2, -0.15) is 0 Å². The average molecular weight is 250 g/mol. The molecule has 1 fully saturated rings. The number of hydrogen-bond acceptors (Lipinski definition) is 3. The fourth-order valence-electron chi connectivity index (χ4n) is 2.84. The van der Waals surface area contributed by atoms with Crippen LogP contribution in [0, 0.1) is 18.8 Å². The predicted octanol–water partition coefficient (Wildman–Crippen LogP) is 2.43. The third-order valence-corrected chi connectivity index (χ3v) is 4.44. The summed E-state index contributed by atoms with van der Waals surface area (Å²) in [6.07, 6.45) is 6.99. The standard InChI is InChI=1S/C14H26N4/c1-4-12-5-7-13(8-6-12)9-15-10-14-17-16-11(2)18(14)3/h12-13,15H,4-10H2,1-3H3. The molecule has 0 amide bonds. The first kappa shape index (κ1) is 13.5. The summed E-state index contributed by atoms with van der Waals surface area (Å²) in [6, 6.07) is 0. The monoisotopic (exact) mass is 250 g/mol. The second kappa shape index (κ2) is 6.32. The lowest BCUT2D eigenvalue weighted by Gasteiger charge is -2.27. The van der Waals surface area contributed by atoms with E-state index in [1.54, 1.807) is 0 Å². The molecule has 0 aliphatic heterocycles. The normalized spacial score (nSPS) is 24.4. The van der Waals surface area contributed by atoms with Gasteiger partial charge in [0.2, 0.25) is 0 Å². The van der Waals surface area contributed by atoms with Crippen LogP contribution < -0.4 is 5.32 Å². The zero-order valence-corrected chi connectivity index (χ0v) is 11.9. The molecule has 1 heterocycles. The van der Waals surface area contributed by atoms with E-state index in [-0.39, 0.29) is 0 Å². The van der Waals surface area contributed by atoms with Crippen LogP contribution in [0.15, 0.2) is 0 Å². The molecule has 1 aliphatic rings. The van der Waals surface area contributed by atoms with Crippen LogP contribution in [-0.4, -0.2) is 21.3 Å². The lowest BCUT2D eigenvalue weighted by molar-refractivity contribution is 0.262. The predicted molar refractivity (Wildman–Crippen MR) is 73.2 cm³/mol. The molecule has 4 heteroatoms. The molecular formula is C14H26N4. The van der Waals surface area contributed by atoms with Crippen LogP contribution in [0.3, 0.4) is 0 Å². The van der Waals surface area contributed by atoms with Crippen LogP contribution in [-0.2, 0) is 13.6 Å². The first-order valence-electron chi connectivity index (χ1n) is 7.26. The highest BCUT2D eigenvalue weighted by Crippen LogP contribution is 2.30. The van der Waals surface area contributed by atoms with Crippen LogP contribution in [0.4, 0.5) is 0 Å². The summed E-state index contributed by atoms with van der Waals surface area (Å²) in [7, 11) is 2.03. The second-order valence-corrected chi connectivity index (χ2v) is 5.65. The molecule has 1 aromatic heterocycles. The van der Waals surface area contributed by atoms with Gasteiger partial charge in [0.1, 0.15) is 11.6 Å². The van der Waals surface area contributed by atoms with Gasteiger partial charge in [0.25, 0.3) is 0 Å². The minimum atomic E-state index is 0.838. The zero-order chi connectivity index (χ0) is 13.0. The molecule has 0 aromatic carbocycles. The Morgan fingerprint density at radius 1 is 1.17 bits per heavy atom. The molecule has 1 N–H and O–H groups in total. The Bertz CT molecular complexity index is 364. The smallest absolute Gasteiger partial charge is 0.146 e. The molecule has 1 aromatic rings. The number of aromatic nitrogens is 3. The Morgan fingerprint density at radius 2 is 1.83 bits per heavy atom. The molecule has 0 bridgehead atoms.